The van der Waals surface area contributed by atoms with E-state index in [1.807, 2.05) is 30.3 Å². The first-order chi connectivity index (χ1) is 12.8. The number of aromatic nitrogens is 3. The summed E-state index contributed by atoms with van der Waals surface area (Å²) < 4.78 is 5.61. The molecule has 0 spiro atoms. The summed E-state index contributed by atoms with van der Waals surface area (Å²) in [4.78, 5) is 27.3. The maximum absolute atomic E-state index is 12.2. The number of amides is 1. The molecule has 1 amide bonds. The van der Waals surface area contributed by atoms with Crippen LogP contribution < -0.4 is 10.2 Å². The molecule has 2 aromatic heterocycles. The highest BCUT2D eigenvalue weighted by Gasteiger charge is 2.14. The van der Waals surface area contributed by atoms with Crippen molar-refractivity contribution in [3.63, 3.8) is 0 Å². The Morgan fingerprint density at radius 2 is 2.04 bits per heavy atom. The fourth-order valence-electron chi connectivity index (χ4n) is 2.93. The molecule has 26 heavy (non-hydrogen) atoms. The van der Waals surface area contributed by atoms with E-state index >= 15 is 0 Å². The first kappa shape index (κ1) is 16.8. The molecule has 1 aliphatic heterocycles. The number of hydrogen-bond acceptors (Lipinski definition) is 7. The predicted octanol–water partition coefficient (Wildman–Crippen LogP) is 3.34. The van der Waals surface area contributed by atoms with Gasteiger partial charge in [-0.2, -0.15) is 0 Å². The van der Waals surface area contributed by atoms with Gasteiger partial charge < -0.3 is 14.6 Å². The molecule has 0 atom stereocenters. The van der Waals surface area contributed by atoms with Gasteiger partial charge in [-0.25, -0.2) is 15.0 Å². The molecule has 3 heterocycles. The number of nitrogens with one attached hydrogen (secondary N) is 1. The average molecular weight is 369 g/mol. The summed E-state index contributed by atoms with van der Waals surface area (Å²) >= 11 is 1.26. The van der Waals surface area contributed by atoms with E-state index in [9.17, 15) is 4.79 Å². The number of thioether (sulfide) groups is 1. The minimum atomic E-state index is -0.152. The van der Waals surface area contributed by atoms with Crippen LogP contribution in [0.2, 0.25) is 0 Å². The van der Waals surface area contributed by atoms with Crippen molar-refractivity contribution < 1.29 is 9.21 Å². The Kier molecular flexibility index (Phi) is 5.01. The molecule has 0 radical (unpaired) electrons. The monoisotopic (exact) mass is 369 g/mol. The van der Waals surface area contributed by atoms with Crippen molar-refractivity contribution in [2.75, 3.05) is 29.1 Å². The van der Waals surface area contributed by atoms with E-state index in [0.717, 1.165) is 30.0 Å². The lowest BCUT2D eigenvalue weighted by atomic mass is 10.1. The van der Waals surface area contributed by atoms with Crippen molar-refractivity contribution in [1.82, 2.24) is 15.0 Å². The van der Waals surface area contributed by atoms with E-state index < -0.39 is 0 Å². The number of carbonyl (C=O) groups is 1. The number of carbonyl (C=O) groups excluding carboxylic acids is 1. The van der Waals surface area contributed by atoms with E-state index in [2.05, 4.69) is 25.2 Å². The van der Waals surface area contributed by atoms with E-state index in [1.54, 1.807) is 0 Å². The molecule has 0 unspecified atom stereocenters. The van der Waals surface area contributed by atoms with Gasteiger partial charge in [-0.1, -0.05) is 23.9 Å². The number of piperidine rings is 1. The highest BCUT2D eigenvalue weighted by molar-refractivity contribution is 7.99. The van der Waals surface area contributed by atoms with Crippen LogP contribution in [-0.2, 0) is 4.79 Å². The number of para-hydroxylation sites is 2. The van der Waals surface area contributed by atoms with E-state index in [0.29, 0.717) is 11.0 Å². The molecular weight excluding hydrogens is 350 g/mol. The number of rotatable bonds is 5. The molecule has 1 N–H and O–H groups in total. The van der Waals surface area contributed by atoms with Gasteiger partial charge in [0.15, 0.2) is 5.58 Å². The van der Waals surface area contributed by atoms with Gasteiger partial charge in [-0.05, 0) is 31.4 Å². The SMILES string of the molecule is O=C(CSc1nc2ccccc2o1)Nc1cc(N2CCCCC2)ncn1. The van der Waals surface area contributed by atoms with Gasteiger partial charge in [0, 0.05) is 19.2 Å². The highest BCUT2D eigenvalue weighted by Crippen LogP contribution is 2.23. The van der Waals surface area contributed by atoms with Crippen LogP contribution >= 0.6 is 11.8 Å². The Hall–Kier alpha value is -2.61. The minimum Gasteiger partial charge on any atom is -0.431 e. The Bertz CT molecular complexity index is 874. The second-order valence-electron chi connectivity index (χ2n) is 6.09. The van der Waals surface area contributed by atoms with Crippen molar-refractivity contribution in [3.8, 4) is 0 Å². The summed E-state index contributed by atoms with van der Waals surface area (Å²) in [5, 5.41) is 3.30. The molecule has 7 nitrogen and oxygen atoms in total. The lowest BCUT2D eigenvalue weighted by Crippen LogP contribution is -2.30. The van der Waals surface area contributed by atoms with Gasteiger partial charge in [-0.15, -0.1) is 0 Å². The Labute approximate surface area is 155 Å². The van der Waals surface area contributed by atoms with Gasteiger partial charge in [0.05, 0.1) is 5.75 Å². The summed E-state index contributed by atoms with van der Waals surface area (Å²) in [6.45, 7) is 2.00. The lowest BCUT2D eigenvalue weighted by molar-refractivity contribution is -0.113. The van der Waals surface area contributed by atoms with Crippen LogP contribution in [0.25, 0.3) is 11.1 Å². The van der Waals surface area contributed by atoms with E-state index in [-0.39, 0.29) is 11.7 Å². The van der Waals surface area contributed by atoms with Gasteiger partial charge >= 0.3 is 0 Å². The summed E-state index contributed by atoms with van der Waals surface area (Å²) in [5.41, 5.74) is 1.51. The molecule has 3 aromatic rings. The smallest absolute Gasteiger partial charge is 0.257 e. The largest absolute Gasteiger partial charge is 0.431 e. The second kappa shape index (κ2) is 7.74. The van der Waals surface area contributed by atoms with Crippen LogP contribution in [0, 0.1) is 0 Å². The maximum Gasteiger partial charge on any atom is 0.257 e. The zero-order chi connectivity index (χ0) is 17.8. The third kappa shape index (κ3) is 3.96. The summed E-state index contributed by atoms with van der Waals surface area (Å²) in [7, 11) is 0. The molecule has 0 bridgehead atoms. The van der Waals surface area contributed by atoms with Gasteiger partial charge in [0.25, 0.3) is 5.22 Å². The van der Waals surface area contributed by atoms with Gasteiger partial charge in [0.1, 0.15) is 23.5 Å². The van der Waals surface area contributed by atoms with Crippen molar-refractivity contribution in [2.24, 2.45) is 0 Å². The summed E-state index contributed by atoms with van der Waals surface area (Å²) in [5.74, 6) is 1.43. The van der Waals surface area contributed by atoms with Crippen LogP contribution in [0.15, 0.2) is 46.3 Å². The van der Waals surface area contributed by atoms with Gasteiger partial charge in [-0.3, -0.25) is 4.79 Å². The third-order valence-electron chi connectivity index (χ3n) is 4.20. The number of hydrogen-bond donors (Lipinski definition) is 1. The number of anilines is 2. The van der Waals surface area contributed by atoms with Crippen molar-refractivity contribution in [1.29, 1.82) is 0 Å². The van der Waals surface area contributed by atoms with Crippen molar-refractivity contribution in [2.45, 2.75) is 24.5 Å². The Morgan fingerprint density at radius 3 is 2.88 bits per heavy atom. The van der Waals surface area contributed by atoms with Crippen molar-refractivity contribution >= 4 is 40.4 Å². The van der Waals surface area contributed by atoms with Crippen molar-refractivity contribution in [3.05, 3.63) is 36.7 Å². The van der Waals surface area contributed by atoms with Gasteiger partial charge in [0.2, 0.25) is 5.91 Å². The molecule has 1 aliphatic rings. The summed E-state index contributed by atoms with van der Waals surface area (Å²) in [6, 6.07) is 9.36. The molecule has 1 aromatic carbocycles. The Balaban J connectivity index is 1.35. The fraction of sp³-hybridized carbons (Fsp3) is 0.333. The van der Waals surface area contributed by atoms with Crippen LogP contribution in [0.1, 0.15) is 19.3 Å². The normalized spacial score (nSPS) is 14.5. The maximum atomic E-state index is 12.2. The number of benzene rings is 1. The molecule has 1 fully saturated rings. The average Bonchev–Trinajstić information content (AvgIpc) is 3.10. The number of oxazole rings is 1. The second-order valence-corrected chi connectivity index (χ2v) is 7.02. The first-order valence-electron chi connectivity index (χ1n) is 8.63. The Morgan fingerprint density at radius 1 is 1.19 bits per heavy atom. The van der Waals surface area contributed by atoms with Crippen LogP contribution in [0.3, 0.4) is 0 Å². The van der Waals surface area contributed by atoms with E-state index in [1.165, 1.54) is 37.4 Å². The summed E-state index contributed by atoms with van der Waals surface area (Å²) in [6.07, 6.45) is 5.10. The lowest BCUT2D eigenvalue weighted by Gasteiger charge is -2.27. The number of fused-ring (bicyclic) bond motifs is 1. The molecule has 0 aliphatic carbocycles. The van der Waals surface area contributed by atoms with Crippen LogP contribution in [-0.4, -0.2) is 39.7 Å². The predicted molar refractivity (Wildman–Crippen MR) is 101 cm³/mol. The molecular formula is C18H19N5O2S. The zero-order valence-electron chi connectivity index (χ0n) is 14.2. The molecule has 8 heteroatoms. The number of nitrogens with zero attached hydrogens (tertiary/aromatic N) is 4. The minimum absolute atomic E-state index is 0.152. The quantitative estimate of drug-likeness (QED) is 0.691. The zero-order valence-corrected chi connectivity index (χ0v) is 15.0. The topological polar surface area (TPSA) is 84.2 Å². The molecule has 1 saturated heterocycles. The third-order valence-corrected chi connectivity index (χ3v) is 5.03. The van der Waals surface area contributed by atoms with Crippen LogP contribution in [0.5, 0.6) is 0 Å². The molecule has 0 saturated carbocycles. The fourth-order valence-corrected chi connectivity index (χ4v) is 3.57. The highest BCUT2D eigenvalue weighted by atomic mass is 32.2. The molecule has 4 rings (SSSR count). The van der Waals surface area contributed by atoms with E-state index in [4.69, 9.17) is 4.42 Å². The molecule has 134 valence electrons. The standard InChI is InChI=1S/C18H19N5O2S/c24-17(11-26-18-21-13-6-2-3-7-14(13)25-18)22-15-10-16(20-12-19-15)23-8-4-1-5-9-23/h2-3,6-7,10,12H,1,4-5,8-9,11H2,(H,19,20,22,24). The first-order valence-corrected chi connectivity index (χ1v) is 9.62. The van der Waals surface area contributed by atoms with Crippen LogP contribution in [0.4, 0.5) is 11.6 Å².